The number of carbonyl (C=O) groups excluding carboxylic acids is 2. The quantitative estimate of drug-likeness (QED) is 0.757. The Morgan fingerprint density at radius 3 is 2.19 bits per heavy atom. The molecule has 0 radical (unpaired) electrons. The second-order valence-corrected chi connectivity index (χ2v) is 6.13. The molecule has 1 rings (SSSR count). The third-order valence-electron chi connectivity index (χ3n) is 2.82. The zero-order valence-electron chi connectivity index (χ0n) is 12.3. The standard InChI is InChI=1S/C15H19NO4S/c1-9(2)14(15(19)20)21-8-13(18)16-12-6-4-11(5-7-12)10(3)17/h4-7,9,14H,8H2,1-3H3,(H,16,18)(H,19,20). The van der Waals surface area contributed by atoms with Gasteiger partial charge in [-0.25, -0.2) is 0 Å². The molecule has 1 aromatic rings. The van der Waals surface area contributed by atoms with Crippen molar-refractivity contribution >= 4 is 35.1 Å². The van der Waals surface area contributed by atoms with E-state index in [1.165, 1.54) is 6.92 Å². The van der Waals surface area contributed by atoms with Crippen molar-refractivity contribution < 1.29 is 19.5 Å². The van der Waals surface area contributed by atoms with Gasteiger partial charge in [-0.3, -0.25) is 14.4 Å². The van der Waals surface area contributed by atoms with Crippen molar-refractivity contribution in [2.24, 2.45) is 5.92 Å². The molecule has 0 aliphatic rings. The van der Waals surface area contributed by atoms with Gasteiger partial charge >= 0.3 is 5.97 Å². The molecule has 0 saturated carbocycles. The largest absolute Gasteiger partial charge is 0.480 e. The van der Waals surface area contributed by atoms with Gasteiger partial charge in [-0.15, -0.1) is 11.8 Å². The van der Waals surface area contributed by atoms with Gasteiger partial charge in [0.2, 0.25) is 5.91 Å². The summed E-state index contributed by atoms with van der Waals surface area (Å²) in [6.07, 6.45) is 0. The third kappa shape index (κ3) is 5.59. The summed E-state index contributed by atoms with van der Waals surface area (Å²) in [6, 6.07) is 6.57. The number of hydrogen-bond donors (Lipinski definition) is 2. The fourth-order valence-electron chi connectivity index (χ4n) is 1.70. The van der Waals surface area contributed by atoms with Crippen molar-refractivity contribution in [1.82, 2.24) is 0 Å². The Bertz CT molecular complexity index is 525. The zero-order valence-corrected chi connectivity index (χ0v) is 13.1. The number of hydrogen-bond acceptors (Lipinski definition) is 4. The van der Waals surface area contributed by atoms with Gasteiger partial charge in [0.05, 0.1) is 5.75 Å². The van der Waals surface area contributed by atoms with Crippen LogP contribution < -0.4 is 5.32 Å². The topological polar surface area (TPSA) is 83.5 Å². The molecule has 0 aromatic heterocycles. The fourth-order valence-corrected chi connectivity index (χ4v) is 2.63. The Kier molecular flexibility index (Phi) is 6.42. The molecule has 1 aromatic carbocycles. The minimum Gasteiger partial charge on any atom is -0.480 e. The van der Waals surface area contributed by atoms with E-state index in [1.807, 2.05) is 13.8 Å². The van der Waals surface area contributed by atoms with E-state index in [0.29, 0.717) is 11.3 Å². The van der Waals surface area contributed by atoms with E-state index < -0.39 is 11.2 Å². The highest BCUT2D eigenvalue weighted by molar-refractivity contribution is 8.01. The molecule has 1 unspecified atom stereocenters. The number of nitrogens with one attached hydrogen (secondary N) is 1. The summed E-state index contributed by atoms with van der Waals surface area (Å²) in [4.78, 5) is 34.0. The van der Waals surface area contributed by atoms with Crippen LogP contribution in [-0.4, -0.2) is 33.8 Å². The Morgan fingerprint density at radius 1 is 1.19 bits per heavy atom. The Hall–Kier alpha value is -1.82. The smallest absolute Gasteiger partial charge is 0.316 e. The summed E-state index contributed by atoms with van der Waals surface area (Å²) in [6.45, 7) is 5.09. The molecule has 0 spiro atoms. The molecule has 2 N–H and O–H groups in total. The number of aliphatic carboxylic acids is 1. The lowest BCUT2D eigenvalue weighted by atomic mass is 10.1. The van der Waals surface area contributed by atoms with Crippen molar-refractivity contribution in [2.45, 2.75) is 26.0 Å². The van der Waals surface area contributed by atoms with Crippen molar-refractivity contribution in [3.8, 4) is 0 Å². The minimum absolute atomic E-state index is 0.0373. The summed E-state index contributed by atoms with van der Waals surface area (Å²) < 4.78 is 0. The summed E-state index contributed by atoms with van der Waals surface area (Å²) in [5, 5.41) is 11.1. The molecule has 0 aliphatic carbocycles. The van der Waals surface area contributed by atoms with Gasteiger partial charge in [0.15, 0.2) is 5.78 Å². The molecule has 0 saturated heterocycles. The van der Waals surface area contributed by atoms with Crippen LogP contribution in [0, 0.1) is 5.92 Å². The molecular weight excluding hydrogens is 290 g/mol. The van der Waals surface area contributed by atoms with E-state index in [0.717, 1.165) is 11.8 Å². The first kappa shape index (κ1) is 17.2. The Morgan fingerprint density at radius 2 is 1.76 bits per heavy atom. The highest BCUT2D eigenvalue weighted by Gasteiger charge is 2.22. The van der Waals surface area contributed by atoms with Crippen LogP contribution in [0.25, 0.3) is 0 Å². The lowest BCUT2D eigenvalue weighted by Gasteiger charge is -2.15. The van der Waals surface area contributed by atoms with Crippen LogP contribution in [0.4, 0.5) is 5.69 Å². The maximum Gasteiger partial charge on any atom is 0.316 e. The molecule has 5 nitrogen and oxygen atoms in total. The number of carboxylic acids is 1. The lowest BCUT2D eigenvalue weighted by Crippen LogP contribution is -2.25. The number of anilines is 1. The molecule has 0 fully saturated rings. The number of benzene rings is 1. The molecule has 0 heterocycles. The predicted octanol–water partition coefficient (Wildman–Crippen LogP) is 2.67. The summed E-state index contributed by atoms with van der Waals surface area (Å²) in [7, 11) is 0. The number of thioether (sulfide) groups is 1. The molecule has 6 heteroatoms. The first-order valence-corrected chi connectivity index (χ1v) is 7.61. The molecule has 1 amide bonds. The summed E-state index contributed by atoms with van der Waals surface area (Å²) in [5.74, 6) is -1.18. The van der Waals surface area contributed by atoms with Crippen molar-refractivity contribution in [1.29, 1.82) is 0 Å². The summed E-state index contributed by atoms with van der Waals surface area (Å²) >= 11 is 1.11. The van der Waals surface area contributed by atoms with Gasteiger partial charge in [0.25, 0.3) is 0 Å². The number of carboxylic acid groups (broad SMARTS) is 1. The maximum atomic E-state index is 11.8. The Balaban J connectivity index is 2.53. The SMILES string of the molecule is CC(=O)c1ccc(NC(=O)CSC(C(=O)O)C(C)C)cc1. The normalized spacial score (nSPS) is 12.0. The van der Waals surface area contributed by atoms with Crippen LogP contribution in [0.2, 0.25) is 0 Å². The van der Waals surface area contributed by atoms with Crippen molar-refractivity contribution in [2.75, 3.05) is 11.1 Å². The van der Waals surface area contributed by atoms with Crippen molar-refractivity contribution in [3.05, 3.63) is 29.8 Å². The van der Waals surface area contributed by atoms with Gasteiger partial charge in [-0.1, -0.05) is 13.8 Å². The first-order valence-electron chi connectivity index (χ1n) is 6.56. The second kappa shape index (κ2) is 7.83. The Labute approximate surface area is 128 Å². The number of amides is 1. The van der Waals surface area contributed by atoms with Crippen LogP contribution in [-0.2, 0) is 9.59 Å². The van der Waals surface area contributed by atoms with Crippen LogP contribution in [0.3, 0.4) is 0 Å². The van der Waals surface area contributed by atoms with E-state index in [2.05, 4.69) is 5.32 Å². The number of rotatable bonds is 7. The number of carbonyl (C=O) groups is 3. The van der Waals surface area contributed by atoms with Crippen LogP contribution in [0.15, 0.2) is 24.3 Å². The van der Waals surface area contributed by atoms with E-state index in [9.17, 15) is 14.4 Å². The number of ketones is 1. The van der Waals surface area contributed by atoms with Gasteiger partial charge < -0.3 is 10.4 Å². The molecule has 21 heavy (non-hydrogen) atoms. The van der Waals surface area contributed by atoms with E-state index in [-0.39, 0.29) is 23.4 Å². The minimum atomic E-state index is -0.909. The van der Waals surface area contributed by atoms with E-state index >= 15 is 0 Å². The molecule has 0 aliphatic heterocycles. The highest BCUT2D eigenvalue weighted by atomic mass is 32.2. The van der Waals surface area contributed by atoms with Gasteiger partial charge in [0, 0.05) is 11.3 Å². The molecular formula is C15H19NO4S. The van der Waals surface area contributed by atoms with Gasteiger partial charge in [-0.05, 0) is 37.1 Å². The van der Waals surface area contributed by atoms with E-state index in [4.69, 9.17) is 5.11 Å². The summed E-state index contributed by atoms with van der Waals surface area (Å²) in [5.41, 5.74) is 1.16. The fraction of sp³-hybridized carbons (Fsp3) is 0.400. The van der Waals surface area contributed by atoms with Crippen LogP contribution >= 0.6 is 11.8 Å². The van der Waals surface area contributed by atoms with E-state index in [1.54, 1.807) is 24.3 Å². The zero-order chi connectivity index (χ0) is 16.0. The average Bonchev–Trinajstić information content (AvgIpc) is 2.38. The lowest BCUT2D eigenvalue weighted by molar-refractivity contribution is -0.137. The second-order valence-electron chi connectivity index (χ2n) is 5.00. The van der Waals surface area contributed by atoms with Gasteiger partial charge in [0.1, 0.15) is 5.25 Å². The average molecular weight is 309 g/mol. The maximum absolute atomic E-state index is 11.8. The molecule has 0 bridgehead atoms. The molecule has 1 atom stereocenters. The number of Topliss-reactive ketones (excluding diaryl/α,β-unsaturated/α-hetero) is 1. The monoisotopic (exact) mass is 309 g/mol. The van der Waals surface area contributed by atoms with Crippen LogP contribution in [0.5, 0.6) is 0 Å². The van der Waals surface area contributed by atoms with Crippen LogP contribution in [0.1, 0.15) is 31.1 Å². The molecule has 114 valence electrons. The first-order chi connectivity index (χ1) is 9.81. The van der Waals surface area contributed by atoms with Crippen molar-refractivity contribution in [3.63, 3.8) is 0 Å². The third-order valence-corrected chi connectivity index (χ3v) is 4.35. The van der Waals surface area contributed by atoms with Gasteiger partial charge in [-0.2, -0.15) is 0 Å². The highest BCUT2D eigenvalue weighted by Crippen LogP contribution is 2.20. The predicted molar refractivity (Wildman–Crippen MR) is 83.8 cm³/mol.